The second-order valence-electron chi connectivity index (χ2n) is 6.33. The maximum absolute atomic E-state index is 5.45. The summed E-state index contributed by atoms with van der Waals surface area (Å²) in [5.41, 5.74) is 3.67. The molecule has 22 heavy (non-hydrogen) atoms. The maximum Gasteiger partial charge on any atom is 0.165 e. The third kappa shape index (κ3) is 3.73. The molecular formula is C19H25NO2. The fourth-order valence-corrected chi connectivity index (χ4v) is 2.38. The summed E-state index contributed by atoms with van der Waals surface area (Å²) in [5.74, 6) is 1.54. The van der Waals surface area contributed by atoms with Gasteiger partial charge in [-0.15, -0.1) is 0 Å². The Balaban J connectivity index is 2.10. The van der Waals surface area contributed by atoms with E-state index in [1.54, 1.807) is 14.2 Å². The lowest BCUT2D eigenvalue weighted by Crippen LogP contribution is -2.10. The summed E-state index contributed by atoms with van der Waals surface area (Å²) in [6.07, 6.45) is 0. The van der Waals surface area contributed by atoms with Crippen molar-refractivity contribution in [3.8, 4) is 11.5 Å². The summed E-state index contributed by atoms with van der Waals surface area (Å²) in [4.78, 5) is 0. The van der Waals surface area contributed by atoms with Gasteiger partial charge in [-0.05, 0) is 29.2 Å². The number of methoxy groups -OCH3 is 2. The SMILES string of the molecule is COc1cccc(CNc2ccc(C(C)(C)C)cc2)c1OC. The first-order chi connectivity index (χ1) is 10.5. The quantitative estimate of drug-likeness (QED) is 0.874. The molecule has 0 amide bonds. The van der Waals surface area contributed by atoms with Crippen LogP contribution >= 0.6 is 0 Å². The fraction of sp³-hybridized carbons (Fsp3) is 0.368. The van der Waals surface area contributed by atoms with Gasteiger partial charge in [0.15, 0.2) is 11.5 Å². The molecule has 0 fully saturated rings. The number of ether oxygens (including phenoxy) is 2. The largest absolute Gasteiger partial charge is 0.493 e. The van der Waals surface area contributed by atoms with Gasteiger partial charge in [-0.1, -0.05) is 45.0 Å². The fourth-order valence-electron chi connectivity index (χ4n) is 2.38. The van der Waals surface area contributed by atoms with Crippen LogP contribution in [0, 0.1) is 0 Å². The van der Waals surface area contributed by atoms with E-state index in [4.69, 9.17) is 9.47 Å². The highest BCUT2D eigenvalue weighted by Crippen LogP contribution is 2.31. The summed E-state index contributed by atoms with van der Waals surface area (Å²) in [6.45, 7) is 7.35. The highest BCUT2D eigenvalue weighted by molar-refractivity contribution is 5.50. The van der Waals surface area contributed by atoms with E-state index in [1.807, 2.05) is 18.2 Å². The molecule has 0 heterocycles. The number of hydrogen-bond donors (Lipinski definition) is 1. The summed E-state index contributed by atoms with van der Waals surface area (Å²) in [5, 5.41) is 3.43. The van der Waals surface area contributed by atoms with Crippen LogP contribution < -0.4 is 14.8 Å². The van der Waals surface area contributed by atoms with E-state index in [2.05, 4.69) is 50.4 Å². The molecule has 1 N–H and O–H groups in total. The highest BCUT2D eigenvalue weighted by atomic mass is 16.5. The lowest BCUT2D eigenvalue weighted by atomic mass is 9.87. The summed E-state index contributed by atoms with van der Waals surface area (Å²) < 4.78 is 10.8. The predicted octanol–water partition coefficient (Wildman–Crippen LogP) is 4.61. The highest BCUT2D eigenvalue weighted by Gasteiger charge is 2.13. The molecule has 0 radical (unpaired) electrons. The van der Waals surface area contributed by atoms with Crippen LogP contribution in [0.1, 0.15) is 31.9 Å². The van der Waals surface area contributed by atoms with Crippen molar-refractivity contribution in [2.24, 2.45) is 0 Å². The molecular weight excluding hydrogens is 274 g/mol. The van der Waals surface area contributed by atoms with Crippen LogP contribution in [0.2, 0.25) is 0 Å². The molecule has 3 nitrogen and oxygen atoms in total. The minimum atomic E-state index is 0.175. The number of hydrogen-bond acceptors (Lipinski definition) is 3. The second-order valence-corrected chi connectivity index (χ2v) is 6.33. The molecule has 3 heteroatoms. The van der Waals surface area contributed by atoms with Gasteiger partial charge in [0.05, 0.1) is 14.2 Å². The van der Waals surface area contributed by atoms with Crippen molar-refractivity contribution in [2.45, 2.75) is 32.7 Å². The van der Waals surface area contributed by atoms with E-state index in [-0.39, 0.29) is 5.41 Å². The van der Waals surface area contributed by atoms with Crippen molar-refractivity contribution in [2.75, 3.05) is 19.5 Å². The van der Waals surface area contributed by atoms with Gasteiger partial charge in [0.1, 0.15) is 0 Å². The third-order valence-electron chi connectivity index (χ3n) is 3.72. The Labute approximate surface area is 133 Å². The Morgan fingerprint density at radius 2 is 1.59 bits per heavy atom. The summed E-state index contributed by atoms with van der Waals surface area (Å²) in [6, 6.07) is 14.5. The first-order valence-corrected chi connectivity index (χ1v) is 7.50. The van der Waals surface area contributed by atoms with E-state index in [9.17, 15) is 0 Å². The smallest absolute Gasteiger partial charge is 0.165 e. The molecule has 0 saturated carbocycles. The molecule has 2 aromatic rings. The van der Waals surface area contributed by atoms with Crippen LogP contribution in [0.3, 0.4) is 0 Å². The van der Waals surface area contributed by atoms with Gasteiger partial charge in [0.25, 0.3) is 0 Å². The normalized spacial score (nSPS) is 11.1. The average Bonchev–Trinajstić information content (AvgIpc) is 2.51. The number of rotatable bonds is 5. The lowest BCUT2D eigenvalue weighted by Gasteiger charge is -2.19. The zero-order chi connectivity index (χ0) is 16.2. The molecule has 0 saturated heterocycles. The molecule has 0 aliphatic rings. The first-order valence-electron chi connectivity index (χ1n) is 7.50. The van der Waals surface area contributed by atoms with Crippen molar-refractivity contribution in [3.63, 3.8) is 0 Å². The van der Waals surface area contributed by atoms with E-state index in [0.29, 0.717) is 6.54 Å². The van der Waals surface area contributed by atoms with Gasteiger partial charge in [-0.2, -0.15) is 0 Å². The van der Waals surface area contributed by atoms with Crippen molar-refractivity contribution >= 4 is 5.69 Å². The standard InChI is InChI=1S/C19H25NO2/c1-19(2,3)15-9-11-16(12-10-15)20-13-14-7-6-8-17(21-4)18(14)22-5/h6-12,20H,13H2,1-5H3. The maximum atomic E-state index is 5.45. The van der Waals surface area contributed by atoms with Gasteiger partial charge < -0.3 is 14.8 Å². The summed E-state index contributed by atoms with van der Waals surface area (Å²) >= 11 is 0. The monoisotopic (exact) mass is 299 g/mol. The molecule has 0 unspecified atom stereocenters. The number of para-hydroxylation sites is 1. The summed E-state index contributed by atoms with van der Waals surface area (Å²) in [7, 11) is 3.32. The average molecular weight is 299 g/mol. The number of benzene rings is 2. The van der Waals surface area contributed by atoms with Crippen molar-refractivity contribution < 1.29 is 9.47 Å². The molecule has 0 aliphatic carbocycles. The predicted molar refractivity (Wildman–Crippen MR) is 92.0 cm³/mol. The van der Waals surface area contributed by atoms with Crippen LogP contribution in [-0.4, -0.2) is 14.2 Å². The molecule has 0 spiro atoms. The minimum Gasteiger partial charge on any atom is -0.493 e. The molecule has 2 rings (SSSR count). The Morgan fingerprint density at radius 3 is 2.14 bits per heavy atom. The van der Waals surface area contributed by atoms with Gasteiger partial charge in [-0.3, -0.25) is 0 Å². The lowest BCUT2D eigenvalue weighted by molar-refractivity contribution is 0.352. The Morgan fingerprint density at radius 1 is 0.909 bits per heavy atom. The molecule has 118 valence electrons. The third-order valence-corrected chi connectivity index (χ3v) is 3.72. The zero-order valence-electron chi connectivity index (χ0n) is 14.1. The van der Waals surface area contributed by atoms with E-state index >= 15 is 0 Å². The molecule has 0 aromatic heterocycles. The number of anilines is 1. The number of nitrogens with one attached hydrogen (secondary N) is 1. The molecule has 0 atom stereocenters. The minimum absolute atomic E-state index is 0.175. The van der Waals surface area contributed by atoms with Crippen LogP contribution in [0.15, 0.2) is 42.5 Å². The molecule has 0 bridgehead atoms. The van der Waals surface area contributed by atoms with Gasteiger partial charge >= 0.3 is 0 Å². The van der Waals surface area contributed by atoms with E-state index < -0.39 is 0 Å². The van der Waals surface area contributed by atoms with Gasteiger partial charge in [0, 0.05) is 17.8 Å². The Bertz CT molecular complexity index is 612. The Kier molecular flexibility index (Phi) is 4.96. The zero-order valence-corrected chi connectivity index (χ0v) is 14.1. The van der Waals surface area contributed by atoms with Crippen LogP contribution in [-0.2, 0) is 12.0 Å². The molecule has 2 aromatic carbocycles. The van der Waals surface area contributed by atoms with E-state index in [0.717, 1.165) is 22.7 Å². The van der Waals surface area contributed by atoms with Gasteiger partial charge in [-0.25, -0.2) is 0 Å². The van der Waals surface area contributed by atoms with Crippen molar-refractivity contribution in [3.05, 3.63) is 53.6 Å². The van der Waals surface area contributed by atoms with Crippen LogP contribution in [0.4, 0.5) is 5.69 Å². The van der Waals surface area contributed by atoms with Gasteiger partial charge in [0.2, 0.25) is 0 Å². The topological polar surface area (TPSA) is 30.5 Å². The Hall–Kier alpha value is -2.16. The first kappa shape index (κ1) is 16.2. The molecule has 0 aliphatic heterocycles. The second kappa shape index (κ2) is 6.73. The van der Waals surface area contributed by atoms with E-state index in [1.165, 1.54) is 5.56 Å². The van der Waals surface area contributed by atoms with Crippen LogP contribution in [0.25, 0.3) is 0 Å². The van der Waals surface area contributed by atoms with Crippen LogP contribution in [0.5, 0.6) is 11.5 Å². The van der Waals surface area contributed by atoms with Crippen molar-refractivity contribution in [1.29, 1.82) is 0 Å². The van der Waals surface area contributed by atoms with Crippen molar-refractivity contribution in [1.82, 2.24) is 0 Å².